The summed E-state index contributed by atoms with van der Waals surface area (Å²) in [7, 11) is 0. The summed E-state index contributed by atoms with van der Waals surface area (Å²) in [6.45, 7) is 3.88. The Morgan fingerprint density at radius 3 is 2.50 bits per heavy atom. The molecule has 0 heterocycles. The smallest absolute Gasteiger partial charge is 0.338 e. The van der Waals surface area contributed by atoms with Crippen LogP contribution in [0.15, 0.2) is 48.5 Å². The van der Waals surface area contributed by atoms with E-state index >= 15 is 0 Å². The van der Waals surface area contributed by atoms with Crippen LogP contribution in [0.2, 0.25) is 0 Å². The Balaban J connectivity index is 1.83. The van der Waals surface area contributed by atoms with Gasteiger partial charge < -0.3 is 10.1 Å². The molecular weight excluding hydrogens is 278 g/mol. The molecule has 0 atom stereocenters. The number of carbonyl (C=O) groups is 2. The van der Waals surface area contributed by atoms with Gasteiger partial charge >= 0.3 is 5.97 Å². The first-order chi connectivity index (χ1) is 10.6. The fourth-order valence-electron chi connectivity index (χ4n) is 2.01. The molecule has 2 rings (SSSR count). The first kappa shape index (κ1) is 15.8. The minimum absolute atomic E-state index is 0.279. The minimum Gasteiger partial charge on any atom is -0.452 e. The number of aryl methyl sites for hydroxylation is 2. The lowest BCUT2D eigenvalue weighted by molar-refractivity contribution is -0.124. The normalized spacial score (nSPS) is 10.1. The highest BCUT2D eigenvalue weighted by Crippen LogP contribution is 2.11. The second-order valence-corrected chi connectivity index (χ2v) is 5.16. The fourth-order valence-corrected chi connectivity index (χ4v) is 2.01. The maximum absolute atomic E-state index is 12.0. The zero-order chi connectivity index (χ0) is 15.9. The van der Waals surface area contributed by atoms with E-state index in [9.17, 15) is 9.59 Å². The maximum atomic E-state index is 12.0. The molecule has 1 N–H and O–H groups in total. The number of ether oxygens (including phenoxy) is 1. The molecule has 4 nitrogen and oxygen atoms in total. The molecule has 2 aromatic rings. The van der Waals surface area contributed by atoms with E-state index in [-0.39, 0.29) is 12.5 Å². The van der Waals surface area contributed by atoms with E-state index in [2.05, 4.69) is 5.32 Å². The number of amides is 1. The summed E-state index contributed by atoms with van der Waals surface area (Å²) in [6, 6.07) is 15.1. The molecule has 0 aromatic heterocycles. The van der Waals surface area contributed by atoms with E-state index in [4.69, 9.17) is 4.74 Å². The summed E-state index contributed by atoms with van der Waals surface area (Å²) in [4.78, 5) is 23.7. The molecule has 0 saturated heterocycles. The van der Waals surface area contributed by atoms with Crippen LogP contribution < -0.4 is 5.32 Å². The fraction of sp³-hybridized carbons (Fsp3) is 0.222. The van der Waals surface area contributed by atoms with Crippen LogP contribution in [0, 0.1) is 13.8 Å². The van der Waals surface area contributed by atoms with Gasteiger partial charge in [0.1, 0.15) is 0 Å². The van der Waals surface area contributed by atoms with Crippen molar-refractivity contribution in [3.8, 4) is 0 Å². The minimum atomic E-state index is -0.476. The Morgan fingerprint density at radius 2 is 1.77 bits per heavy atom. The number of carbonyl (C=O) groups excluding carboxylic acids is 2. The number of rotatable bonds is 5. The average Bonchev–Trinajstić information content (AvgIpc) is 2.54. The zero-order valence-corrected chi connectivity index (χ0v) is 12.8. The Bertz CT molecular complexity index is 665. The lowest BCUT2D eigenvalue weighted by atomic mass is 10.1. The molecule has 0 fully saturated rings. The highest BCUT2D eigenvalue weighted by molar-refractivity contribution is 5.92. The molecule has 0 aliphatic carbocycles. The van der Waals surface area contributed by atoms with Crippen LogP contribution in [-0.2, 0) is 16.1 Å². The van der Waals surface area contributed by atoms with Gasteiger partial charge in [-0.2, -0.15) is 0 Å². The lowest BCUT2D eigenvalue weighted by Crippen LogP contribution is -2.28. The van der Waals surface area contributed by atoms with Gasteiger partial charge in [0.25, 0.3) is 5.91 Å². The quantitative estimate of drug-likeness (QED) is 0.863. The Hall–Kier alpha value is -2.62. The summed E-state index contributed by atoms with van der Waals surface area (Å²) in [5.41, 5.74) is 3.30. The van der Waals surface area contributed by atoms with Crippen molar-refractivity contribution >= 4 is 11.9 Å². The monoisotopic (exact) mass is 297 g/mol. The molecule has 0 bridgehead atoms. The van der Waals surface area contributed by atoms with Crippen molar-refractivity contribution in [1.29, 1.82) is 0 Å². The Kier molecular flexibility index (Phi) is 5.31. The summed E-state index contributed by atoms with van der Waals surface area (Å²) < 4.78 is 5.06. The predicted molar refractivity (Wildman–Crippen MR) is 84.5 cm³/mol. The van der Waals surface area contributed by atoms with Gasteiger partial charge in [-0.15, -0.1) is 0 Å². The molecule has 0 aliphatic rings. The molecule has 0 radical (unpaired) electrons. The Labute approximate surface area is 130 Å². The lowest BCUT2D eigenvalue weighted by Gasteiger charge is -2.09. The summed E-state index contributed by atoms with van der Waals surface area (Å²) >= 11 is 0. The van der Waals surface area contributed by atoms with Gasteiger partial charge in [0.2, 0.25) is 0 Å². The highest BCUT2D eigenvalue weighted by Gasteiger charge is 2.12. The van der Waals surface area contributed by atoms with Crippen LogP contribution >= 0.6 is 0 Å². The third-order valence-corrected chi connectivity index (χ3v) is 3.28. The molecule has 0 unspecified atom stereocenters. The Morgan fingerprint density at radius 1 is 1.05 bits per heavy atom. The molecule has 4 heteroatoms. The second-order valence-electron chi connectivity index (χ2n) is 5.16. The van der Waals surface area contributed by atoms with E-state index < -0.39 is 5.97 Å². The van der Waals surface area contributed by atoms with Gasteiger partial charge in [0, 0.05) is 6.54 Å². The third-order valence-electron chi connectivity index (χ3n) is 3.28. The average molecular weight is 297 g/mol. The number of hydrogen-bond donors (Lipinski definition) is 1. The SMILES string of the molecule is Cc1ccc(C)c(C(=O)OCC(=O)NCc2ccccc2)c1. The van der Waals surface area contributed by atoms with Crippen molar-refractivity contribution in [1.82, 2.24) is 5.32 Å². The van der Waals surface area contributed by atoms with Crippen LogP contribution in [-0.4, -0.2) is 18.5 Å². The summed E-state index contributed by atoms with van der Waals surface area (Å²) in [6.07, 6.45) is 0. The molecule has 0 saturated carbocycles. The molecule has 22 heavy (non-hydrogen) atoms. The number of hydrogen-bond acceptors (Lipinski definition) is 3. The summed E-state index contributed by atoms with van der Waals surface area (Å²) in [5, 5.41) is 2.72. The van der Waals surface area contributed by atoms with Crippen LogP contribution in [0.4, 0.5) is 0 Å². The van der Waals surface area contributed by atoms with Crippen molar-refractivity contribution in [2.75, 3.05) is 6.61 Å². The third kappa shape index (κ3) is 4.45. The van der Waals surface area contributed by atoms with Gasteiger partial charge in [0.05, 0.1) is 5.56 Å². The van der Waals surface area contributed by atoms with Gasteiger partial charge in [-0.1, -0.05) is 48.0 Å². The van der Waals surface area contributed by atoms with Gasteiger partial charge in [0.15, 0.2) is 6.61 Å². The standard InChI is InChI=1S/C18H19NO3/c1-13-8-9-14(2)16(10-13)18(21)22-12-17(20)19-11-15-6-4-3-5-7-15/h3-10H,11-12H2,1-2H3,(H,19,20). The number of nitrogens with one attached hydrogen (secondary N) is 1. The molecule has 0 spiro atoms. The first-order valence-electron chi connectivity index (χ1n) is 7.11. The van der Waals surface area contributed by atoms with Crippen molar-refractivity contribution in [2.45, 2.75) is 20.4 Å². The van der Waals surface area contributed by atoms with E-state index in [0.29, 0.717) is 12.1 Å². The molecule has 114 valence electrons. The highest BCUT2D eigenvalue weighted by atomic mass is 16.5. The molecule has 2 aromatic carbocycles. The predicted octanol–water partition coefficient (Wildman–Crippen LogP) is 2.78. The molecular formula is C18H19NO3. The molecule has 1 amide bonds. The van der Waals surface area contributed by atoms with Crippen molar-refractivity contribution in [3.63, 3.8) is 0 Å². The second kappa shape index (κ2) is 7.41. The first-order valence-corrected chi connectivity index (χ1v) is 7.11. The maximum Gasteiger partial charge on any atom is 0.338 e. The van der Waals surface area contributed by atoms with Crippen molar-refractivity contribution in [2.24, 2.45) is 0 Å². The topological polar surface area (TPSA) is 55.4 Å². The van der Waals surface area contributed by atoms with Crippen molar-refractivity contribution in [3.05, 3.63) is 70.8 Å². The van der Waals surface area contributed by atoms with Crippen LogP contribution in [0.25, 0.3) is 0 Å². The van der Waals surface area contributed by atoms with Crippen molar-refractivity contribution < 1.29 is 14.3 Å². The van der Waals surface area contributed by atoms with Gasteiger partial charge in [-0.3, -0.25) is 4.79 Å². The van der Waals surface area contributed by atoms with Gasteiger partial charge in [-0.25, -0.2) is 4.79 Å². The van der Waals surface area contributed by atoms with Crippen LogP contribution in [0.3, 0.4) is 0 Å². The van der Waals surface area contributed by atoms with E-state index in [1.165, 1.54) is 0 Å². The molecule has 0 aliphatic heterocycles. The van der Waals surface area contributed by atoms with E-state index in [0.717, 1.165) is 16.7 Å². The van der Waals surface area contributed by atoms with Crippen LogP contribution in [0.1, 0.15) is 27.0 Å². The number of benzene rings is 2. The van der Waals surface area contributed by atoms with Crippen LogP contribution in [0.5, 0.6) is 0 Å². The summed E-state index contributed by atoms with van der Waals surface area (Å²) in [5.74, 6) is -0.793. The zero-order valence-electron chi connectivity index (χ0n) is 12.8. The van der Waals surface area contributed by atoms with E-state index in [1.807, 2.05) is 56.3 Å². The number of esters is 1. The largest absolute Gasteiger partial charge is 0.452 e. The van der Waals surface area contributed by atoms with Gasteiger partial charge in [-0.05, 0) is 31.0 Å². The van der Waals surface area contributed by atoms with E-state index in [1.54, 1.807) is 6.07 Å².